The van der Waals surface area contributed by atoms with Crippen molar-refractivity contribution in [1.29, 1.82) is 0 Å². The summed E-state index contributed by atoms with van der Waals surface area (Å²) in [5, 5.41) is 0. The van der Waals surface area contributed by atoms with Gasteiger partial charge in [-0.3, -0.25) is 4.90 Å². The van der Waals surface area contributed by atoms with Crippen molar-refractivity contribution >= 4 is 0 Å². The van der Waals surface area contributed by atoms with Crippen LogP contribution in [0.25, 0.3) is 0 Å². The molecule has 4 heteroatoms. The van der Waals surface area contributed by atoms with Gasteiger partial charge in [0.15, 0.2) is 11.5 Å². The van der Waals surface area contributed by atoms with E-state index in [0.717, 1.165) is 43.2 Å². The van der Waals surface area contributed by atoms with Crippen LogP contribution in [0, 0.1) is 0 Å². The number of nitrogens with zero attached hydrogens (tertiary/aromatic N) is 1. The second-order valence-electron chi connectivity index (χ2n) is 8.06. The number of fused-ring (bicyclic) bond motifs is 1. The monoisotopic (exact) mass is 381 g/mol. The van der Waals surface area contributed by atoms with Crippen LogP contribution in [0.3, 0.4) is 0 Å². The Bertz CT molecular complexity index is 806. The topological polar surface area (TPSA) is 30.9 Å². The molecule has 0 saturated carbocycles. The first-order valence-electron chi connectivity index (χ1n) is 10.4. The number of hydrogen-bond acceptors (Lipinski definition) is 4. The van der Waals surface area contributed by atoms with Crippen LogP contribution in [-0.4, -0.2) is 44.4 Å². The van der Waals surface area contributed by atoms with E-state index >= 15 is 0 Å². The van der Waals surface area contributed by atoms with E-state index in [9.17, 15) is 0 Å². The number of piperidine rings is 1. The Kier molecular flexibility index (Phi) is 5.77. The number of likely N-dealkylation sites (tertiary alicyclic amines) is 1. The molecule has 3 atom stereocenters. The molecule has 2 aromatic rings. The zero-order valence-corrected chi connectivity index (χ0v) is 17.2. The van der Waals surface area contributed by atoms with E-state index in [2.05, 4.69) is 30.0 Å². The van der Waals surface area contributed by atoms with E-state index in [1.54, 1.807) is 14.2 Å². The van der Waals surface area contributed by atoms with E-state index in [-0.39, 0.29) is 6.10 Å². The number of benzene rings is 2. The highest BCUT2D eigenvalue weighted by atomic mass is 16.5. The van der Waals surface area contributed by atoms with Gasteiger partial charge in [0.2, 0.25) is 0 Å². The van der Waals surface area contributed by atoms with Crippen molar-refractivity contribution in [3.8, 4) is 17.2 Å². The largest absolute Gasteiger partial charge is 0.497 e. The number of hydrogen-bond donors (Lipinski definition) is 0. The van der Waals surface area contributed by atoms with Crippen LogP contribution in [-0.2, 0) is 6.42 Å². The average molecular weight is 382 g/mol. The third-order valence-corrected chi connectivity index (χ3v) is 6.34. The van der Waals surface area contributed by atoms with E-state index in [1.165, 1.54) is 24.0 Å². The second kappa shape index (κ2) is 8.44. The first kappa shape index (κ1) is 19.1. The lowest BCUT2D eigenvalue weighted by Gasteiger charge is -2.39. The molecule has 0 N–H and O–H groups in total. The Morgan fingerprint density at radius 3 is 2.57 bits per heavy atom. The Balaban J connectivity index is 1.37. The first-order chi connectivity index (χ1) is 13.7. The molecule has 150 valence electrons. The molecule has 28 heavy (non-hydrogen) atoms. The molecule has 1 aliphatic heterocycles. The van der Waals surface area contributed by atoms with Gasteiger partial charge >= 0.3 is 0 Å². The highest BCUT2D eigenvalue weighted by Gasteiger charge is 2.31. The van der Waals surface area contributed by atoms with Gasteiger partial charge in [-0.05, 0) is 73.9 Å². The van der Waals surface area contributed by atoms with Gasteiger partial charge in [-0.1, -0.05) is 18.2 Å². The third-order valence-electron chi connectivity index (χ3n) is 6.34. The summed E-state index contributed by atoms with van der Waals surface area (Å²) < 4.78 is 17.2. The summed E-state index contributed by atoms with van der Waals surface area (Å²) in [5.41, 5.74) is 2.98. The third kappa shape index (κ3) is 3.97. The van der Waals surface area contributed by atoms with Crippen LogP contribution >= 0.6 is 0 Å². The molecular formula is C24H31NO3. The van der Waals surface area contributed by atoms with E-state index < -0.39 is 0 Å². The minimum atomic E-state index is 0.249. The number of ether oxygens (including phenoxy) is 3. The summed E-state index contributed by atoms with van der Waals surface area (Å²) in [4.78, 5) is 2.64. The maximum absolute atomic E-state index is 6.28. The number of rotatable bonds is 6. The number of para-hydroxylation sites is 2. The van der Waals surface area contributed by atoms with Gasteiger partial charge in [0, 0.05) is 19.1 Å². The number of methoxy groups -OCH3 is 2. The fraction of sp³-hybridized carbons (Fsp3) is 0.500. The lowest BCUT2D eigenvalue weighted by atomic mass is 9.95. The first-order valence-corrected chi connectivity index (χ1v) is 10.4. The predicted molar refractivity (Wildman–Crippen MR) is 112 cm³/mol. The maximum Gasteiger partial charge on any atom is 0.161 e. The minimum absolute atomic E-state index is 0.249. The smallest absolute Gasteiger partial charge is 0.161 e. The summed E-state index contributed by atoms with van der Waals surface area (Å²) in [7, 11) is 3.45. The van der Waals surface area contributed by atoms with Crippen LogP contribution in [0.5, 0.6) is 17.2 Å². The fourth-order valence-electron chi connectivity index (χ4n) is 4.72. The SMILES string of the molecule is COc1ccc2c(c1)C(CN1CC[C@@H](Oc3ccccc3OC)C[C@@H]1C)CC2. The van der Waals surface area contributed by atoms with Crippen molar-refractivity contribution in [1.82, 2.24) is 4.90 Å². The zero-order valence-electron chi connectivity index (χ0n) is 17.2. The molecule has 1 heterocycles. The summed E-state index contributed by atoms with van der Waals surface area (Å²) in [6, 6.07) is 15.0. The standard InChI is InChI=1S/C24H31NO3/c1-17-14-21(28-24-7-5-4-6-23(24)27-3)12-13-25(17)16-19-9-8-18-10-11-20(26-2)15-22(18)19/h4-7,10-11,15,17,19,21H,8-9,12-14,16H2,1-3H3/t17-,19?,21+/m0/s1. The van der Waals surface area contributed by atoms with Gasteiger partial charge in [-0.25, -0.2) is 0 Å². The number of aryl methyl sites for hydroxylation is 1. The summed E-state index contributed by atoms with van der Waals surface area (Å²) in [5.74, 6) is 3.25. The van der Waals surface area contributed by atoms with Gasteiger partial charge in [0.05, 0.1) is 14.2 Å². The highest BCUT2D eigenvalue weighted by Crippen LogP contribution is 2.37. The van der Waals surface area contributed by atoms with Crippen molar-refractivity contribution < 1.29 is 14.2 Å². The van der Waals surface area contributed by atoms with E-state index in [1.807, 2.05) is 24.3 Å². The molecule has 0 spiro atoms. The van der Waals surface area contributed by atoms with Crippen molar-refractivity contribution in [3.63, 3.8) is 0 Å². The highest BCUT2D eigenvalue weighted by molar-refractivity contribution is 5.41. The normalized spacial score (nSPS) is 24.6. The Hall–Kier alpha value is -2.20. The molecule has 1 unspecified atom stereocenters. The van der Waals surface area contributed by atoms with E-state index in [0.29, 0.717) is 12.0 Å². The van der Waals surface area contributed by atoms with Crippen LogP contribution in [0.2, 0.25) is 0 Å². The molecule has 2 aromatic carbocycles. The van der Waals surface area contributed by atoms with Crippen LogP contribution in [0.15, 0.2) is 42.5 Å². The maximum atomic E-state index is 6.28. The molecule has 4 nitrogen and oxygen atoms in total. The molecule has 4 rings (SSSR count). The lowest BCUT2D eigenvalue weighted by molar-refractivity contribution is 0.0578. The quantitative estimate of drug-likeness (QED) is 0.728. The molecule has 0 amide bonds. The minimum Gasteiger partial charge on any atom is -0.497 e. The van der Waals surface area contributed by atoms with Gasteiger partial charge in [-0.15, -0.1) is 0 Å². The van der Waals surface area contributed by atoms with E-state index in [4.69, 9.17) is 14.2 Å². The van der Waals surface area contributed by atoms with Crippen molar-refractivity contribution in [3.05, 3.63) is 53.6 Å². The molecule has 1 saturated heterocycles. The van der Waals surface area contributed by atoms with Gasteiger partial charge in [-0.2, -0.15) is 0 Å². The molecule has 0 bridgehead atoms. The molecule has 0 radical (unpaired) electrons. The Labute approximate surface area is 168 Å². The molecule has 1 fully saturated rings. The van der Waals surface area contributed by atoms with Crippen molar-refractivity contribution in [2.24, 2.45) is 0 Å². The summed E-state index contributed by atoms with van der Waals surface area (Å²) >= 11 is 0. The van der Waals surface area contributed by atoms with Crippen LogP contribution in [0.1, 0.15) is 43.2 Å². The average Bonchev–Trinajstić information content (AvgIpc) is 3.12. The lowest BCUT2D eigenvalue weighted by Crippen LogP contribution is -2.45. The van der Waals surface area contributed by atoms with Crippen LogP contribution in [0.4, 0.5) is 0 Å². The fourth-order valence-corrected chi connectivity index (χ4v) is 4.72. The Morgan fingerprint density at radius 1 is 1.00 bits per heavy atom. The van der Waals surface area contributed by atoms with Crippen molar-refractivity contribution in [2.45, 2.75) is 50.7 Å². The predicted octanol–water partition coefficient (Wildman–Crippen LogP) is 4.67. The second-order valence-corrected chi connectivity index (χ2v) is 8.06. The molecule has 1 aliphatic carbocycles. The summed E-state index contributed by atoms with van der Waals surface area (Å²) in [6.07, 6.45) is 4.78. The van der Waals surface area contributed by atoms with Crippen molar-refractivity contribution in [2.75, 3.05) is 27.3 Å². The molecule has 2 aliphatic rings. The van der Waals surface area contributed by atoms with Crippen LogP contribution < -0.4 is 14.2 Å². The summed E-state index contributed by atoms with van der Waals surface area (Å²) in [6.45, 7) is 4.54. The van der Waals surface area contributed by atoms with Gasteiger partial charge in [0.25, 0.3) is 0 Å². The zero-order chi connectivity index (χ0) is 19.5. The van der Waals surface area contributed by atoms with Gasteiger partial charge < -0.3 is 14.2 Å². The molecular weight excluding hydrogens is 350 g/mol. The molecule has 0 aromatic heterocycles. The Morgan fingerprint density at radius 2 is 1.82 bits per heavy atom. The van der Waals surface area contributed by atoms with Gasteiger partial charge in [0.1, 0.15) is 11.9 Å².